The second-order valence-corrected chi connectivity index (χ2v) is 9.48. The van der Waals surface area contributed by atoms with Gasteiger partial charge in [0.15, 0.2) is 6.61 Å². The molecule has 1 aliphatic heterocycles. The van der Waals surface area contributed by atoms with Crippen molar-refractivity contribution in [2.75, 3.05) is 18.1 Å². The molecule has 182 valence electrons. The Hall–Kier alpha value is -3.91. The molecule has 0 spiro atoms. The molecule has 0 aliphatic carbocycles. The quantitative estimate of drug-likeness (QED) is 0.325. The predicted octanol–water partition coefficient (Wildman–Crippen LogP) is 4.71. The Bertz CT molecular complexity index is 1400. The number of H-pyrrole nitrogens is 1. The maximum Gasteiger partial charge on any atom is 0.261 e. The lowest BCUT2D eigenvalue weighted by molar-refractivity contribution is -0.140. The van der Waals surface area contributed by atoms with Crippen LogP contribution in [-0.2, 0) is 20.8 Å². The van der Waals surface area contributed by atoms with E-state index in [4.69, 9.17) is 4.74 Å². The number of halogens is 1. The third-order valence-electron chi connectivity index (χ3n) is 6.31. The average Bonchev–Trinajstić information content (AvgIpc) is 3.44. The lowest BCUT2D eigenvalue weighted by Gasteiger charge is -2.27. The number of nitrogens with zero attached hydrogens (tertiary/aromatic N) is 2. The molecule has 2 heterocycles. The minimum Gasteiger partial charge on any atom is -0.484 e. The number of amides is 3. The standard InChI is InChI=1S/C28H24BrN3O4/c29-20-10-12-21(13-11-20)32-26(33)16-25(28(32)35)31(27(34)18-36-22-6-2-1-3-7-22)15-14-19-17-30-24-9-5-4-8-23(19)24/h1-13,17,25,30H,14-16,18H2. The van der Waals surface area contributed by atoms with Crippen LogP contribution in [0.1, 0.15) is 12.0 Å². The molecule has 4 aromatic rings. The number of carbonyl (C=O) groups is 3. The van der Waals surface area contributed by atoms with Gasteiger partial charge in [-0.2, -0.15) is 0 Å². The van der Waals surface area contributed by atoms with Crippen LogP contribution in [0.5, 0.6) is 5.75 Å². The number of rotatable bonds is 8. The lowest BCUT2D eigenvalue weighted by atomic mass is 10.1. The first-order valence-corrected chi connectivity index (χ1v) is 12.5. The zero-order chi connectivity index (χ0) is 25.1. The molecule has 0 bridgehead atoms. The number of aromatic nitrogens is 1. The van der Waals surface area contributed by atoms with Gasteiger partial charge in [0.05, 0.1) is 12.1 Å². The fourth-order valence-electron chi connectivity index (χ4n) is 4.50. The Balaban J connectivity index is 1.38. The maximum atomic E-state index is 13.4. The van der Waals surface area contributed by atoms with Crippen LogP contribution in [0.4, 0.5) is 5.69 Å². The minimum absolute atomic E-state index is 0.0696. The topological polar surface area (TPSA) is 82.7 Å². The number of para-hydroxylation sites is 2. The number of benzene rings is 3. The van der Waals surface area contributed by atoms with Crippen molar-refractivity contribution in [3.63, 3.8) is 0 Å². The van der Waals surface area contributed by atoms with Crippen LogP contribution >= 0.6 is 15.9 Å². The summed E-state index contributed by atoms with van der Waals surface area (Å²) in [6, 6.07) is 23.0. The molecule has 3 aromatic carbocycles. The van der Waals surface area contributed by atoms with Gasteiger partial charge in [-0.25, -0.2) is 4.90 Å². The number of aromatic amines is 1. The zero-order valence-electron chi connectivity index (χ0n) is 19.4. The average molecular weight is 546 g/mol. The summed E-state index contributed by atoms with van der Waals surface area (Å²) in [6.07, 6.45) is 2.38. The van der Waals surface area contributed by atoms with Crippen molar-refractivity contribution in [1.82, 2.24) is 9.88 Å². The first-order valence-electron chi connectivity index (χ1n) is 11.7. The number of ether oxygens (including phenoxy) is 1. The molecule has 1 atom stereocenters. The molecule has 1 unspecified atom stereocenters. The smallest absolute Gasteiger partial charge is 0.261 e. The van der Waals surface area contributed by atoms with Crippen LogP contribution in [-0.4, -0.2) is 46.8 Å². The molecule has 0 radical (unpaired) electrons. The van der Waals surface area contributed by atoms with Gasteiger partial charge >= 0.3 is 0 Å². The minimum atomic E-state index is -0.891. The molecule has 36 heavy (non-hydrogen) atoms. The van der Waals surface area contributed by atoms with Crippen LogP contribution in [0, 0.1) is 0 Å². The van der Waals surface area contributed by atoms with E-state index < -0.39 is 11.9 Å². The van der Waals surface area contributed by atoms with Crippen molar-refractivity contribution in [1.29, 1.82) is 0 Å². The van der Waals surface area contributed by atoms with E-state index in [1.165, 1.54) is 9.80 Å². The van der Waals surface area contributed by atoms with E-state index >= 15 is 0 Å². The monoisotopic (exact) mass is 545 g/mol. The highest BCUT2D eigenvalue weighted by Gasteiger charge is 2.44. The molecule has 7 nitrogen and oxygen atoms in total. The molecule has 1 saturated heterocycles. The van der Waals surface area contributed by atoms with Crippen LogP contribution in [0.25, 0.3) is 10.9 Å². The van der Waals surface area contributed by atoms with Crippen LogP contribution in [0.2, 0.25) is 0 Å². The van der Waals surface area contributed by atoms with E-state index in [9.17, 15) is 14.4 Å². The molecule has 5 rings (SSSR count). The van der Waals surface area contributed by atoms with E-state index in [-0.39, 0.29) is 31.4 Å². The van der Waals surface area contributed by atoms with E-state index in [1.54, 1.807) is 36.4 Å². The summed E-state index contributed by atoms with van der Waals surface area (Å²) in [5.41, 5.74) is 2.53. The summed E-state index contributed by atoms with van der Waals surface area (Å²) in [5, 5.41) is 1.07. The van der Waals surface area contributed by atoms with Gasteiger partial charge < -0.3 is 14.6 Å². The van der Waals surface area contributed by atoms with Crippen molar-refractivity contribution < 1.29 is 19.1 Å². The molecule has 8 heteroatoms. The van der Waals surface area contributed by atoms with Crippen molar-refractivity contribution >= 4 is 50.2 Å². The van der Waals surface area contributed by atoms with Gasteiger partial charge in [-0.05, 0) is 54.4 Å². The second kappa shape index (κ2) is 10.4. The van der Waals surface area contributed by atoms with Gasteiger partial charge in [0, 0.05) is 28.1 Å². The molecule has 1 aliphatic rings. The van der Waals surface area contributed by atoms with E-state index in [1.807, 2.05) is 48.7 Å². The summed E-state index contributed by atoms with van der Waals surface area (Å²) >= 11 is 3.37. The van der Waals surface area contributed by atoms with Crippen LogP contribution < -0.4 is 9.64 Å². The first kappa shape index (κ1) is 23.8. The largest absolute Gasteiger partial charge is 0.484 e. The van der Waals surface area contributed by atoms with Crippen molar-refractivity contribution in [3.8, 4) is 5.75 Å². The second-order valence-electron chi connectivity index (χ2n) is 8.56. The van der Waals surface area contributed by atoms with Crippen LogP contribution in [0.3, 0.4) is 0 Å². The number of nitrogens with one attached hydrogen (secondary N) is 1. The molecular weight excluding hydrogens is 522 g/mol. The highest BCUT2D eigenvalue weighted by atomic mass is 79.9. The summed E-state index contributed by atoms with van der Waals surface area (Å²) in [4.78, 5) is 45.6. The predicted molar refractivity (Wildman–Crippen MR) is 141 cm³/mol. The van der Waals surface area contributed by atoms with Crippen molar-refractivity contribution in [2.45, 2.75) is 18.9 Å². The van der Waals surface area contributed by atoms with Gasteiger partial charge in [0.25, 0.3) is 11.8 Å². The molecule has 0 saturated carbocycles. The number of fused-ring (bicyclic) bond motifs is 1. The molecule has 1 N–H and O–H groups in total. The fourth-order valence-corrected chi connectivity index (χ4v) is 4.76. The number of hydrogen-bond acceptors (Lipinski definition) is 4. The van der Waals surface area contributed by atoms with Crippen molar-refractivity contribution in [3.05, 3.63) is 95.1 Å². The van der Waals surface area contributed by atoms with Gasteiger partial charge in [0.2, 0.25) is 5.91 Å². The highest BCUT2D eigenvalue weighted by Crippen LogP contribution is 2.28. The number of anilines is 1. The zero-order valence-corrected chi connectivity index (χ0v) is 21.0. The molecule has 1 aromatic heterocycles. The fraction of sp³-hybridized carbons (Fsp3) is 0.179. The Morgan fingerprint density at radius 1 is 1.00 bits per heavy atom. The van der Waals surface area contributed by atoms with Gasteiger partial charge in [-0.15, -0.1) is 0 Å². The van der Waals surface area contributed by atoms with Crippen molar-refractivity contribution in [2.24, 2.45) is 0 Å². The maximum absolute atomic E-state index is 13.4. The summed E-state index contributed by atoms with van der Waals surface area (Å²) < 4.78 is 6.53. The Kier molecular flexibility index (Phi) is 6.86. The molecular formula is C28H24BrN3O4. The lowest BCUT2D eigenvalue weighted by Crippen LogP contribution is -2.48. The molecule has 1 fully saturated rings. The number of imide groups is 1. The Labute approximate surface area is 216 Å². The first-order chi connectivity index (χ1) is 17.5. The normalized spacial score (nSPS) is 15.5. The highest BCUT2D eigenvalue weighted by molar-refractivity contribution is 9.10. The van der Waals surface area contributed by atoms with Gasteiger partial charge in [0.1, 0.15) is 11.8 Å². The third-order valence-corrected chi connectivity index (χ3v) is 6.84. The SMILES string of the molecule is O=C1CC(N(CCc2c[nH]c3ccccc23)C(=O)COc2ccccc2)C(=O)N1c1ccc(Br)cc1. The van der Waals surface area contributed by atoms with E-state index in [0.29, 0.717) is 17.9 Å². The molecule has 3 amide bonds. The summed E-state index contributed by atoms with van der Waals surface area (Å²) in [7, 11) is 0. The van der Waals surface area contributed by atoms with Crippen LogP contribution in [0.15, 0.2) is 89.5 Å². The summed E-state index contributed by atoms with van der Waals surface area (Å²) in [6.45, 7) is 0.0465. The number of carbonyl (C=O) groups excluding carboxylic acids is 3. The van der Waals surface area contributed by atoms with Gasteiger partial charge in [-0.3, -0.25) is 14.4 Å². The number of hydrogen-bond donors (Lipinski definition) is 1. The Morgan fingerprint density at radius 2 is 1.72 bits per heavy atom. The van der Waals surface area contributed by atoms with Gasteiger partial charge in [-0.1, -0.05) is 52.3 Å². The van der Waals surface area contributed by atoms with E-state index in [0.717, 1.165) is 20.9 Å². The van der Waals surface area contributed by atoms with E-state index in [2.05, 4.69) is 20.9 Å². The Morgan fingerprint density at radius 3 is 2.50 bits per heavy atom. The third kappa shape index (κ3) is 4.90. The summed E-state index contributed by atoms with van der Waals surface area (Å²) in [5.74, 6) is -0.522.